The molecule has 1 aromatic carbocycles. The van der Waals surface area contributed by atoms with Gasteiger partial charge in [-0.15, -0.1) is 0 Å². The topological polar surface area (TPSA) is 133 Å². The molecule has 0 aliphatic heterocycles. The van der Waals surface area contributed by atoms with Crippen molar-refractivity contribution in [1.29, 1.82) is 0 Å². The smallest absolute Gasteiger partial charge is 0.316 e. The number of hydrazone groups is 1. The molecule has 1 aromatic rings. The number of nitrogens with zero attached hydrogens (tertiary/aromatic N) is 2. The van der Waals surface area contributed by atoms with Crippen LogP contribution in [0.2, 0.25) is 36.3 Å². The zero-order valence-electron chi connectivity index (χ0n) is 33.6. The van der Waals surface area contributed by atoms with E-state index in [1.54, 1.807) is 32.2 Å². The van der Waals surface area contributed by atoms with E-state index >= 15 is 0 Å². The van der Waals surface area contributed by atoms with Crippen molar-refractivity contribution in [2.24, 2.45) is 22.4 Å². The largest absolute Gasteiger partial charge is 0.465 e. The maximum atomic E-state index is 14.5. The first-order valence-corrected chi connectivity index (χ1v) is 25.3. The summed E-state index contributed by atoms with van der Waals surface area (Å²) in [5, 5.41) is 5.26. The number of hydroxylamine groups is 2. The van der Waals surface area contributed by atoms with Crippen molar-refractivity contribution in [2.45, 2.75) is 135 Å². The average molecular weight is 766 g/mol. The third-order valence-corrected chi connectivity index (χ3v) is 21.9. The molecular formula is C37H63N3O8SSi2. The summed E-state index contributed by atoms with van der Waals surface area (Å²) < 4.78 is 47.0. The lowest BCUT2D eigenvalue weighted by molar-refractivity contribution is -0.176. The van der Waals surface area contributed by atoms with Gasteiger partial charge in [0, 0.05) is 25.3 Å². The molecule has 0 bridgehead atoms. The summed E-state index contributed by atoms with van der Waals surface area (Å²) in [5.74, 6) is -1.74. The van der Waals surface area contributed by atoms with Gasteiger partial charge < -0.3 is 13.6 Å². The Morgan fingerprint density at radius 3 is 2.00 bits per heavy atom. The van der Waals surface area contributed by atoms with Crippen LogP contribution in [-0.2, 0) is 38.0 Å². The van der Waals surface area contributed by atoms with Gasteiger partial charge in [0.15, 0.2) is 16.6 Å². The molecule has 5 atom stereocenters. The first-order valence-electron chi connectivity index (χ1n) is 18.0. The maximum Gasteiger partial charge on any atom is 0.316 e. The highest BCUT2D eigenvalue weighted by atomic mass is 32.2. The van der Waals surface area contributed by atoms with E-state index in [9.17, 15) is 18.0 Å². The van der Waals surface area contributed by atoms with Crippen LogP contribution in [0.25, 0.3) is 0 Å². The minimum Gasteiger partial charge on any atom is -0.465 e. The Labute approximate surface area is 309 Å². The van der Waals surface area contributed by atoms with E-state index in [4.69, 9.17) is 18.4 Å². The van der Waals surface area contributed by atoms with Gasteiger partial charge in [-0.2, -0.15) is 18.4 Å². The van der Waals surface area contributed by atoms with Gasteiger partial charge >= 0.3 is 5.97 Å². The first kappa shape index (κ1) is 43.0. The molecule has 2 aliphatic rings. The van der Waals surface area contributed by atoms with E-state index in [0.717, 1.165) is 5.56 Å². The Bertz CT molecular complexity index is 1600. The van der Waals surface area contributed by atoms with E-state index in [-0.39, 0.29) is 33.9 Å². The second-order valence-corrected chi connectivity index (χ2v) is 28.3. The number of sulfonamides is 1. The van der Waals surface area contributed by atoms with Crippen molar-refractivity contribution < 1.29 is 36.4 Å². The number of hydrogen-bond donors (Lipinski definition) is 1. The van der Waals surface area contributed by atoms with Crippen LogP contribution in [0.5, 0.6) is 0 Å². The number of amides is 1. The fraction of sp³-hybridized carbons (Fsp3) is 0.703. The van der Waals surface area contributed by atoms with Gasteiger partial charge in [0.25, 0.3) is 10.0 Å². The summed E-state index contributed by atoms with van der Waals surface area (Å²) in [4.78, 5) is 36.1. The minimum atomic E-state index is -3.97. The van der Waals surface area contributed by atoms with Crippen LogP contribution in [0.1, 0.15) is 80.2 Å². The molecule has 0 heterocycles. The molecule has 0 unspecified atom stereocenters. The molecule has 0 aromatic heterocycles. The van der Waals surface area contributed by atoms with Crippen LogP contribution in [0, 0.1) is 24.2 Å². The van der Waals surface area contributed by atoms with Gasteiger partial charge in [0.2, 0.25) is 5.91 Å². The molecule has 1 fully saturated rings. The number of aryl methyl sites for hydroxylation is 1. The summed E-state index contributed by atoms with van der Waals surface area (Å²) >= 11 is 0. The van der Waals surface area contributed by atoms with E-state index in [0.29, 0.717) is 24.1 Å². The molecule has 1 saturated carbocycles. The van der Waals surface area contributed by atoms with E-state index < -0.39 is 62.1 Å². The van der Waals surface area contributed by atoms with Crippen LogP contribution in [-0.4, -0.2) is 80.7 Å². The van der Waals surface area contributed by atoms with Crippen molar-refractivity contribution in [3.63, 3.8) is 0 Å². The van der Waals surface area contributed by atoms with Gasteiger partial charge in [-0.25, -0.2) is 5.06 Å². The first-order chi connectivity index (χ1) is 23.3. The summed E-state index contributed by atoms with van der Waals surface area (Å²) in [5.41, 5.74) is 0.843. The number of rotatable bonds is 12. The lowest BCUT2D eigenvalue weighted by Crippen LogP contribution is -2.65. The lowest BCUT2D eigenvalue weighted by atomic mass is 9.53. The number of allylic oxidation sites excluding steroid dienone is 1. The van der Waals surface area contributed by atoms with Crippen LogP contribution < -0.4 is 4.83 Å². The molecule has 0 radical (unpaired) electrons. The highest BCUT2D eigenvalue weighted by Gasteiger charge is 2.63. The highest BCUT2D eigenvalue weighted by Crippen LogP contribution is 2.58. The Hall–Kier alpha value is -2.37. The number of fused-ring (bicyclic) bond motifs is 1. The van der Waals surface area contributed by atoms with E-state index in [1.807, 2.05) is 13.8 Å². The highest BCUT2D eigenvalue weighted by molar-refractivity contribution is 7.89. The Morgan fingerprint density at radius 1 is 0.980 bits per heavy atom. The van der Waals surface area contributed by atoms with Gasteiger partial charge in [-0.05, 0) is 86.7 Å². The second kappa shape index (κ2) is 15.5. The Kier molecular flexibility index (Phi) is 13.1. The number of benzene rings is 1. The van der Waals surface area contributed by atoms with Gasteiger partial charge in [-0.1, -0.05) is 66.2 Å². The Balaban J connectivity index is 2.36. The van der Waals surface area contributed by atoms with Gasteiger partial charge in [0.05, 0.1) is 41.9 Å². The lowest BCUT2D eigenvalue weighted by Gasteiger charge is -2.58. The van der Waals surface area contributed by atoms with Crippen molar-refractivity contribution in [2.75, 3.05) is 20.8 Å². The quantitative estimate of drug-likeness (QED) is 0.133. The normalized spacial score (nSPS) is 25.5. The molecule has 1 amide bonds. The van der Waals surface area contributed by atoms with Crippen molar-refractivity contribution in [3.05, 3.63) is 41.5 Å². The van der Waals surface area contributed by atoms with Crippen LogP contribution >= 0.6 is 0 Å². The van der Waals surface area contributed by atoms with Crippen LogP contribution in [0.4, 0.5) is 0 Å². The predicted octanol–water partition coefficient (Wildman–Crippen LogP) is 7.36. The molecule has 51 heavy (non-hydrogen) atoms. The average Bonchev–Trinajstić information content (AvgIpc) is 3.02. The fourth-order valence-electron chi connectivity index (χ4n) is 6.39. The number of hydrogen-bond acceptors (Lipinski definition) is 9. The molecule has 2 aliphatic carbocycles. The third-order valence-electron chi connectivity index (χ3n) is 11.8. The maximum absolute atomic E-state index is 14.5. The van der Waals surface area contributed by atoms with Crippen molar-refractivity contribution in [1.82, 2.24) is 9.89 Å². The number of carbonyl (C=O) groups excluding carboxylic acids is 2. The number of ether oxygens (including phenoxy) is 1. The number of carbonyl (C=O) groups is 2. The van der Waals surface area contributed by atoms with Gasteiger partial charge in [-0.3, -0.25) is 14.4 Å². The summed E-state index contributed by atoms with van der Waals surface area (Å²) in [6, 6.07) is 6.52. The van der Waals surface area contributed by atoms with E-state index in [1.165, 1.54) is 24.3 Å². The van der Waals surface area contributed by atoms with Crippen molar-refractivity contribution in [3.8, 4) is 0 Å². The number of esters is 1. The standard InChI is InChI=1S/C37H63N3O8SSi2/c1-16-46-34(42)37-22-21-27(38-39-49(43,44)28-19-17-25(2)18-20-28)23-30(37)29(24-31(41)40(10)45-11)33(48-51(14,15)36(7,8)9)32(26(37)3)47-50(12,13)35(4,5)6/h17-20,23,26,29,32-33,39H,16,21-22,24H2,1-15H3/b38-27+/t26-,29+,32-,33-,37-/m1/s1. The second-order valence-electron chi connectivity index (χ2n) is 17.2. The van der Waals surface area contributed by atoms with Crippen molar-refractivity contribution >= 4 is 44.2 Å². The molecule has 3 rings (SSSR count). The molecule has 11 nitrogen and oxygen atoms in total. The Morgan fingerprint density at radius 2 is 1.51 bits per heavy atom. The molecule has 0 spiro atoms. The fourth-order valence-corrected chi connectivity index (χ4v) is 9.93. The van der Waals surface area contributed by atoms with E-state index in [2.05, 4.69) is 77.7 Å². The molecule has 1 N–H and O–H groups in total. The molecule has 0 saturated heterocycles. The molecular weight excluding hydrogens is 703 g/mol. The predicted molar refractivity (Wildman–Crippen MR) is 207 cm³/mol. The number of nitrogens with one attached hydrogen (secondary N) is 1. The van der Waals surface area contributed by atoms with Gasteiger partial charge in [0.1, 0.15) is 0 Å². The SMILES string of the molecule is CCOC(=O)[C@@]12CC/C(=N\NS(=O)(=O)c3ccc(C)cc3)C=C1[C@H](CC(=O)N(C)OC)[C@@H](O[Si](C)(C)C(C)(C)C)[C@H](O[Si](C)(C)C(C)(C)C)[C@H]2C. The van der Waals surface area contributed by atoms with Crippen LogP contribution in [0.3, 0.4) is 0 Å². The summed E-state index contributed by atoms with van der Waals surface area (Å²) in [7, 11) is -5.98. The molecule has 14 heteroatoms. The minimum absolute atomic E-state index is 0.0386. The zero-order chi connectivity index (χ0) is 39.0. The van der Waals surface area contributed by atoms with Crippen LogP contribution in [0.15, 0.2) is 45.9 Å². The summed E-state index contributed by atoms with van der Waals surface area (Å²) in [6.07, 6.45) is 1.18. The monoisotopic (exact) mass is 765 g/mol. The third kappa shape index (κ3) is 9.06. The summed E-state index contributed by atoms with van der Waals surface area (Å²) in [6.45, 7) is 27.6. The zero-order valence-corrected chi connectivity index (χ0v) is 36.4. The molecule has 288 valence electrons.